The molecule has 0 aromatic carbocycles. The highest BCUT2D eigenvalue weighted by molar-refractivity contribution is 5.11. The molecule has 0 heterocycles. The topological polar surface area (TPSA) is 44.3 Å². The van der Waals surface area contributed by atoms with Gasteiger partial charge in [-0.15, -0.1) is 0 Å². The van der Waals surface area contributed by atoms with Crippen molar-refractivity contribution < 1.29 is 5.11 Å². The van der Waals surface area contributed by atoms with E-state index in [0.29, 0.717) is 18.3 Å². The molecule has 102 valence electrons. The summed E-state index contributed by atoms with van der Waals surface area (Å²) in [6, 6.07) is 0. The van der Waals surface area contributed by atoms with Crippen LogP contribution in [-0.2, 0) is 0 Å². The molecule has 0 aliphatic rings. The van der Waals surface area contributed by atoms with Crippen LogP contribution in [0.4, 0.5) is 0 Å². The molecular formula is C15H26N2O. The number of aliphatic hydroxyl groups is 1. The standard InChI is InChI=1S/C15H26N2O/c1-7-8-12(4)17-14(6)16-10-15(13(5)18)9-11(2)3/h7-8,11,15-18H,1,5-6,9-10H2,2-4H3/b12-8+. The van der Waals surface area contributed by atoms with Crippen molar-refractivity contribution in [2.24, 2.45) is 11.8 Å². The van der Waals surface area contributed by atoms with Gasteiger partial charge in [-0.2, -0.15) is 0 Å². The van der Waals surface area contributed by atoms with Gasteiger partial charge in [-0.3, -0.25) is 0 Å². The van der Waals surface area contributed by atoms with E-state index in [9.17, 15) is 5.11 Å². The molecule has 1 atom stereocenters. The number of nitrogens with one attached hydrogen (secondary N) is 2. The Bertz CT molecular complexity index is 329. The molecular weight excluding hydrogens is 224 g/mol. The Balaban J connectivity index is 4.19. The third kappa shape index (κ3) is 7.60. The van der Waals surface area contributed by atoms with E-state index in [0.717, 1.165) is 12.1 Å². The highest BCUT2D eigenvalue weighted by Crippen LogP contribution is 2.16. The van der Waals surface area contributed by atoms with E-state index in [1.54, 1.807) is 6.08 Å². The average molecular weight is 250 g/mol. The minimum absolute atomic E-state index is 0.0484. The highest BCUT2D eigenvalue weighted by Gasteiger charge is 2.13. The van der Waals surface area contributed by atoms with Gasteiger partial charge < -0.3 is 15.7 Å². The molecule has 3 nitrogen and oxygen atoms in total. The van der Waals surface area contributed by atoms with Gasteiger partial charge in [-0.25, -0.2) is 0 Å². The minimum Gasteiger partial charge on any atom is -0.513 e. The summed E-state index contributed by atoms with van der Waals surface area (Å²) in [5.41, 5.74) is 0.964. The summed E-state index contributed by atoms with van der Waals surface area (Å²) >= 11 is 0. The molecule has 0 saturated carbocycles. The van der Waals surface area contributed by atoms with E-state index in [4.69, 9.17) is 0 Å². The third-order valence-electron chi connectivity index (χ3n) is 2.50. The van der Waals surface area contributed by atoms with Crippen LogP contribution >= 0.6 is 0 Å². The van der Waals surface area contributed by atoms with Crippen LogP contribution in [0.3, 0.4) is 0 Å². The molecule has 0 aromatic rings. The number of hydrogen-bond donors (Lipinski definition) is 3. The normalized spacial score (nSPS) is 13.0. The average Bonchev–Trinajstić information content (AvgIpc) is 2.23. The first-order chi connectivity index (χ1) is 8.36. The first-order valence-corrected chi connectivity index (χ1v) is 6.23. The van der Waals surface area contributed by atoms with Gasteiger partial charge in [0, 0.05) is 18.2 Å². The molecule has 0 radical (unpaired) electrons. The van der Waals surface area contributed by atoms with E-state index in [2.05, 4.69) is 44.2 Å². The Hall–Kier alpha value is -1.64. The number of aliphatic hydroxyl groups excluding tert-OH is 1. The minimum atomic E-state index is 0.0484. The maximum absolute atomic E-state index is 9.53. The van der Waals surface area contributed by atoms with Crippen LogP contribution in [0.15, 0.2) is 49.2 Å². The molecule has 0 aliphatic heterocycles. The molecule has 3 N–H and O–H groups in total. The molecule has 0 rings (SSSR count). The van der Waals surface area contributed by atoms with Crippen LogP contribution in [-0.4, -0.2) is 11.7 Å². The molecule has 3 heteroatoms. The van der Waals surface area contributed by atoms with E-state index in [-0.39, 0.29) is 11.7 Å². The van der Waals surface area contributed by atoms with Crippen molar-refractivity contribution >= 4 is 0 Å². The van der Waals surface area contributed by atoms with Crippen LogP contribution in [0.1, 0.15) is 27.2 Å². The molecule has 0 saturated heterocycles. The molecule has 0 bridgehead atoms. The van der Waals surface area contributed by atoms with Crippen LogP contribution in [0, 0.1) is 11.8 Å². The lowest BCUT2D eigenvalue weighted by atomic mass is 9.96. The van der Waals surface area contributed by atoms with Crippen molar-refractivity contribution in [3.05, 3.63) is 49.2 Å². The first-order valence-electron chi connectivity index (χ1n) is 6.23. The third-order valence-corrected chi connectivity index (χ3v) is 2.50. The molecule has 0 spiro atoms. The summed E-state index contributed by atoms with van der Waals surface area (Å²) in [6.07, 6.45) is 4.48. The van der Waals surface area contributed by atoms with Gasteiger partial charge in [0.25, 0.3) is 0 Å². The molecule has 0 aliphatic carbocycles. The fourth-order valence-electron chi connectivity index (χ4n) is 1.65. The second kappa shape index (κ2) is 8.45. The zero-order chi connectivity index (χ0) is 14.1. The zero-order valence-electron chi connectivity index (χ0n) is 11.8. The Labute approximate surface area is 111 Å². The maximum Gasteiger partial charge on any atom is 0.0954 e. The molecule has 0 aromatic heterocycles. The lowest BCUT2D eigenvalue weighted by Gasteiger charge is -2.20. The number of rotatable bonds is 9. The van der Waals surface area contributed by atoms with Crippen LogP contribution < -0.4 is 10.6 Å². The largest absolute Gasteiger partial charge is 0.513 e. The van der Waals surface area contributed by atoms with Crippen LogP contribution in [0.2, 0.25) is 0 Å². The van der Waals surface area contributed by atoms with Crippen molar-refractivity contribution in [3.63, 3.8) is 0 Å². The zero-order valence-corrected chi connectivity index (χ0v) is 11.8. The lowest BCUT2D eigenvalue weighted by Crippen LogP contribution is -2.30. The molecule has 1 unspecified atom stereocenters. The van der Waals surface area contributed by atoms with Crippen molar-refractivity contribution in [1.29, 1.82) is 0 Å². The summed E-state index contributed by atoms with van der Waals surface area (Å²) < 4.78 is 0. The van der Waals surface area contributed by atoms with Gasteiger partial charge >= 0.3 is 0 Å². The summed E-state index contributed by atoms with van der Waals surface area (Å²) in [5, 5.41) is 15.8. The van der Waals surface area contributed by atoms with Gasteiger partial charge in [0.2, 0.25) is 0 Å². The quantitative estimate of drug-likeness (QED) is 0.434. The van der Waals surface area contributed by atoms with Crippen LogP contribution in [0.5, 0.6) is 0 Å². The van der Waals surface area contributed by atoms with Crippen LogP contribution in [0.25, 0.3) is 0 Å². The number of hydrogen-bond acceptors (Lipinski definition) is 3. The summed E-state index contributed by atoms with van der Waals surface area (Å²) in [5.74, 6) is 1.50. The second-order valence-electron chi connectivity index (χ2n) is 4.89. The summed E-state index contributed by atoms with van der Waals surface area (Å²) in [7, 11) is 0. The first kappa shape index (κ1) is 16.4. The van der Waals surface area contributed by atoms with Gasteiger partial charge in [-0.05, 0) is 25.3 Å². The Morgan fingerprint density at radius 1 is 1.33 bits per heavy atom. The Kier molecular flexibility index (Phi) is 7.68. The van der Waals surface area contributed by atoms with E-state index >= 15 is 0 Å². The van der Waals surface area contributed by atoms with Gasteiger partial charge in [-0.1, -0.05) is 39.7 Å². The monoisotopic (exact) mass is 250 g/mol. The molecule has 18 heavy (non-hydrogen) atoms. The molecule has 0 fully saturated rings. The summed E-state index contributed by atoms with van der Waals surface area (Å²) in [6.45, 7) is 17.9. The van der Waals surface area contributed by atoms with Gasteiger partial charge in [0.15, 0.2) is 0 Å². The fourth-order valence-corrected chi connectivity index (χ4v) is 1.65. The second-order valence-corrected chi connectivity index (χ2v) is 4.89. The van der Waals surface area contributed by atoms with E-state index in [1.807, 2.05) is 13.0 Å². The van der Waals surface area contributed by atoms with Crippen molar-refractivity contribution in [1.82, 2.24) is 10.6 Å². The van der Waals surface area contributed by atoms with E-state index < -0.39 is 0 Å². The van der Waals surface area contributed by atoms with Crippen molar-refractivity contribution in [2.75, 3.05) is 6.54 Å². The maximum atomic E-state index is 9.53. The number of allylic oxidation sites excluding steroid dienone is 3. The van der Waals surface area contributed by atoms with Gasteiger partial charge in [0.05, 0.1) is 11.6 Å². The lowest BCUT2D eigenvalue weighted by molar-refractivity contribution is 0.297. The van der Waals surface area contributed by atoms with Crippen molar-refractivity contribution in [2.45, 2.75) is 27.2 Å². The SMILES string of the molecule is C=C/C=C(\C)NC(=C)NCC(CC(C)C)C(=C)O. The fraction of sp³-hybridized carbons (Fsp3) is 0.467. The smallest absolute Gasteiger partial charge is 0.0954 e. The highest BCUT2D eigenvalue weighted by atomic mass is 16.3. The van der Waals surface area contributed by atoms with E-state index in [1.165, 1.54) is 0 Å². The Morgan fingerprint density at radius 2 is 1.94 bits per heavy atom. The summed E-state index contributed by atoms with van der Waals surface area (Å²) in [4.78, 5) is 0. The van der Waals surface area contributed by atoms with Gasteiger partial charge in [0.1, 0.15) is 0 Å². The predicted molar refractivity (Wildman–Crippen MR) is 78.9 cm³/mol. The predicted octanol–water partition coefficient (Wildman–Crippen LogP) is 3.46. The molecule has 0 amide bonds. The Morgan fingerprint density at radius 3 is 2.39 bits per heavy atom. The van der Waals surface area contributed by atoms with Crippen molar-refractivity contribution in [3.8, 4) is 0 Å².